The fourth-order valence-electron chi connectivity index (χ4n) is 2.26. The number of unbranched alkanes of at least 4 members (excludes halogenated alkanes) is 4. The van der Waals surface area contributed by atoms with E-state index in [1.54, 1.807) is 6.20 Å². The number of fused-ring (bicyclic) bond motifs is 1. The van der Waals surface area contributed by atoms with Crippen molar-refractivity contribution in [2.75, 3.05) is 12.4 Å². The average molecular weight is 340 g/mol. The first kappa shape index (κ1) is 17.7. The van der Waals surface area contributed by atoms with Gasteiger partial charge in [-0.25, -0.2) is 13.4 Å². The Morgan fingerprint density at radius 1 is 1.09 bits per heavy atom. The van der Waals surface area contributed by atoms with Gasteiger partial charge in [0.05, 0.1) is 12.4 Å². The Hall–Kier alpha value is -1.70. The van der Waals surface area contributed by atoms with E-state index in [2.05, 4.69) is 22.1 Å². The lowest BCUT2D eigenvalue weighted by Gasteiger charge is -2.09. The molecule has 0 spiro atoms. The summed E-state index contributed by atoms with van der Waals surface area (Å²) in [4.78, 5) is 4.16. The van der Waals surface area contributed by atoms with Crippen LogP contribution in [0, 0.1) is 0 Å². The van der Waals surface area contributed by atoms with Crippen molar-refractivity contribution in [1.29, 1.82) is 0 Å². The molecule has 23 heavy (non-hydrogen) atoms. The molecule has 128 valence electrons. The molecule has 0 aliphatic heterocycles. The van der Waals surface area contributed by atoms with Gasteiger partial charge in [-0.2, -0.15) is 0 Å². The van der Waals surface area contributed by atoms with Gasteiger partial charge in [0, 0.05) is 12.4 Å². The van der Waals surface area contributed by atoms with Crippen LogP contribution in [0.25, 0.3) is 5.65 Å². The molecule has 7 nitrogen and oxygen atoms in total. The number of rotatable bonds is 10. The fraction of sp³-hybridized carbons (Fsp3) is 0.667. The summed E-state index contributed by atoms with van der Waals surface area (Å²) in [6, 6.07) is 0. The van der Waals surface area contributed by atoms with Gasteiger partial charge < -0.3 is 4.74 Å². The highest BCUT2D eigenvalue weighted by atomic mass is 32.2. The molecule has 0 aliphatic rings. The van der Waals surface area contributed by atoms with E-state index >= 15 is 0 Å². The zero-order valence-electron chi connectivity index (χ0n) is 13.7. The van der Waals surface area contributed by atoms with Crippen LogP contribution in [-0.2, 0) is 9.84 Å². The number of hydrogen-bond donors (Lipinski definition) is 0. The number of ether oxygens (including phenoxy) is 1. The van der Waals surface area contributed by atoms with Crippen molar-refractivity contribution in [3.63, 3.8) is 0 Å². The zero-order chi connectivity index (χ0) is 16.7. The highest BCUT2D eigenvalue weighted by molar-refractivity contribution is 7.91. The standard InChI is InChI=1S/C15H24N4O3S/c1-3-5-7-11-22-14-13-16-9-10-19(13)15(18-17-14)23(20,21)12-8-6-4-2/h9-10H,3-8,11-12H2,1-2H3. The van der Waals surface area contributed by atoms with Crippen molar-refractivity contribution < 1.29 is 13.2 Å². The van der Waals surface area contributed by atoms with Crippen LogP contribution in [-0.4, -0.2) is 40.4 Å². The van der Waals surface area contributed by atoms with Gasteiger partial charge in [0.15, 0.2) is 0 Å². The van der Waals surface area contributed by atoms with Crippen LogP contribution < -0.4 is 4.74 Å². The third kappa shape index (κ3) is 4.40. The van der Waals surface area contributed by atoms with E-state index in [4.69, 9.17) is 4.74 Å². The lowest BCUT2D eigenvalue weighted by Crippen LogP contribution is -2.15. The molecule has 0 saturated heterocycles. The Kier molecular flexibility index (Phi) is 6.32. The molecule has 0 aliphatic carbocycles. The molecule has 0 N–H and O–H groups in total. The summed E-state index contributed by atoms with van der Waals surface area (Å²) in [5.74, 6) is 0.345. The molecular weight excluding hydrogens is 316 g/mol. The second kappa shape index (κ2) is 8.24. The van der Waals surface area contributed by atoms with E-state index in [-0.39, 0.29) is 16.8 Å². The molecule has 2 rings (SSSR count). The largest absolute Gasteiger partial charge is 0.474 e. The maximum absolute atomic E-state index is 12.4. The predicted octanol–water partition coefficient (Wildman–Crippen LogP) is 2.66. The maximum Gasteiger partial charge on any atom is 0.277 e. The van der Waals surface area contributed by atoms with Crippen molar-refractivity contribution in [2.24, 2.45) is 0 Å². The Bertz CT molecular complexity index is 727. The van der Waals surface area contributed by atoms with Crippen LogP contribution in [0.15, 0.2) is 17.6 Å². The predicted molar refractivity (Wildman–Crippen MR) is 87.4 cm³/mol. The van der Waals surface area contributed by atoms with E-state index < -0.39 is 9.84 Å². The molecule has 0 aromatic carbocycles. The smallest absolute Gasteiger partial charge is 0.277 e. The normalized spacial score (nSPS) is 11.9. The lowest BCUT2D eigenvalue weighted by molar-refractivity contribution is 0.291. The average Bonchev–Trinajstić information content (AvgIpc) is 3.01. The van der Waals surface area contributed by atoms with Gasteiger partial charge in [-0.1, -0.05) is 39.5 Å². The molecule has 0 unspecified atom stereocenters. The van der Waals surface area contributed by atoms with E-state index in [1.807, 2.05) is 6.92 Å². The second-order valence-electron chi connectivity index (χ2n) is 5.49. The van der Waals surface area contributed by atoms with Gasteiger partial charge in [0.2, 0.25) is 15.5 Å². The van der Waals surface area contributed by atoms with Crippen LogP contribution in [0.2, 0.25) is 0 Å². The summed E-state index contributed by atoms with van der Waals surface area (Å²) in [6.45, 7) is 4.67. The van der Waals surface area contributed by atoms with Gasteiger partial charge in [-0.15, -0.1) is 10.2 Å². The SMILES string of the molecule is CCCCCOc1nnc(S(=O)(=O)CCCCC)n2ccnc12. The topological polar surface area (TPSA) is 86.5 Å². The molecule has 2 aromatic rings. The summed E-state index contributed by atoms with van der Waals surface area (Å²) in [7, 11) is -3.48. The summed E-state index contributed by atoms with van der Waals surface area (Å²) in [5, 5.41) is 7.76. The van der Waals surface area contributed by atoms with Gasteiger partial charge in [0.1, 0.15) is 0 Å². The fourth-order valence-corrected chi connectivity index (χ4v) is 3.64. The van der Waals surface area contributed by atoms with Crippen LogP contribution in [0.1, 0.15) is 52.4 Å². The molecule has 0 saturated carbocycles. The summed E-state index contributed by atoms with van der Waals surface area (Å²) in [6.07, 6.45) is 8.65. The summed E-state index contributed by atoms with van der Waals surface area (Å²) in [5.41, 5.74) is 0.394. The molecule has 0 fully saturated rings. The molecule has 0 atom stereocenters. The minimum atomic E-state index is -3.48. The van der Waals surface area contributed by atoms with Gasteiger partial charge in [-0.05, 0) is 12.8 Å². The van der Waals surface area contributed by atoms with Crippen molar-refractivity contribution in [3.8, 4) is 5.88 Å². The first-order valence-corrected chi connectivity index (χ1v) is 9.80. The number of hydrogen-bond acceptors (Lipinski definition) is 6. The van der Waals surface area contributed by atoms with Crippen LogP contribution >= 0.6 is 0 Å². The monoisotopic (exact) mass is 340 g/mol. The number of aromatic nitrogens is 4. The number of imidazole rings is 1. The molecule has 8 heteroatoms. The van der Waals surface area contributed by atoms with Crippen LogP contribution in [0.3, 0.4) is 0 Å². The van der Waals surface area contributed by atoms with Crippen molar-refractivity contribution in [3.05, 3.63) is 12.4 Å². The lowest BCUT2D eigenvalue weighted by atomic mass is 10.3. The highest BCUT2D eigenvalue weighted by Crippen LogP contribution is 2.19. The van der Waals surface area contributed by atoms with Gasteiger partial charge in [-0.3, -0.25) is 4.40 Å². The Morgan fingerprint density at radius 2 is 1.83 bits per heavy atom. The van der Waals surface area contributed by atoms with Crippen molar-refractivity contribution in [1.82, 2.24) is 19.6 Å². The third-order valence-electron chi connectivity index (χ3n) is 3.55. The molecule has 0 radical (unpaired) electrons. The Balaban J connectivity index is 2.22. The molecule has 0 bridgehead atoms. The van der Waals surface area contributed by atoms with Gasteiger partial charge in [0.25, 0.3) is 11.0 Å². The van der Waals surface area contributed by atoms with E-state index in [0.717, 1.165) is 32.1 Å². The highest BCUT2D eigenvalue weighted by Gasteiger charge is 2.22. The van der Waals surface area contributed by atoms with Crippen LogP contribution in [0.5, 0.6) is 5.88 Å². The van der Waals surface area contributed by atoms with Crippen molar-refractivity contribution >= 4 is 15.5 Å². The van der Waals surface area contributed by atoms with Crippen LogP contribution in [0.4, 0.5) is 0 Å². The second-order valence-corrected chi connectivity index (χ2v) is 7.49. The van der Waals surface area contributed by atoms with E-state index in [9.17, 15) is 8.42 Å². The number of nitrogens with zero attached hydrogens (tertiary/aromatic N) is 4. The maximum atomic E-state index is 12.4. The van der Waals surface area contributed by atoms with E-state index in [0.29, 0.717) is 18.7 Å². The minimum Gasteiger partial charge on any atom is -0.474 e. The molecule has 0 amide bonds. The molecular formula is C15H24N4O3S. The third-order valence-corrected chi connectivity index (χ3v) is 5.21. The molecule has 2 heterocycles. The Morgan fingerprint density at radius 3 is 2.57 bits per heavy atom. The summed E-state index contributed by atoms with van der Waals surface area (Å²) < 4.78 is 31.9. The molecule has 2 aromatic heterocycles. The zero-order valence-corrected chi connectivity index (χ0v) is 14.5. The van der Waals surface area contributed by atoms with E-state index in [1.165, 1.54) is 10.6 Å². The Labute approximate surface area is 137 Å². The minimum absolute atomic E-state index is 0.0676. The van der Waals surface area contributed by atoms with Gasteiger partial charge >= 0.3 is 0 Å². The first-order chi connectivity index (χ1) is 11.1. The quantitative estimate of drug-likeness (QED) is 0.618. The van der Waals surface area contributed by atoms with Crippen molar-refractivity contribution in [2.45, 2.75) is 57.5 Å². The summed E-state index contributed by atoms with van der Waals surface area (Å²) >= 11 is 0. The number of sulfone groups is 1. The first-order valence-electron chi connectivity index (χ1n) is 8.15.